The zero-order valence-corrected chi connectivity index (χ0v) is 63.7. The van der Waals surface area contributed by atoms with Crippen molar-refractivity contribution in [2.45, 2.75) is 228 Å². The maximum atomic E-state index is 12.1. The van der Waals surface area contributed by atoms with Gasteiger partial charge >= 0.3 is 58.4 Å². The summed E-state index contributed by atoms with van der Waals surface area (Å²) in [5.74, 6) is -0.995. The van der Waals surface area contributed by atoms with Crippen molar-refractivity contribution < 1.29 is 91.6 Å². The third-order valence-electron chi connectivity index (χ3n) is 20.3. The molecular weight excluding hydrogens is 1410 g/mol. The van der Waals surface area contributed by atoms with E-state index in [1.807, 2.05) is 166 Å². The van der Waals surface area contributed by atoms with Crippen LogP contribution >= 0.6 is 19.4 Å². The molecule has 12 aliphatic rings. The minimum Gasteiger partial charge on any atom is -0.473 e. The Morgan fingerprint density at radius 1 is 0.466 bits per heavy atom. The maximum Gasteiger partial charge on any atom is 0.0902 e. The SMILES string of the molecule is C=CC#N.C[C@@H](O)c1ccccc1.C[C@@H](OC(=O)C1C[C@@H]2CC[C@H]1O2)c1ccccc1.C[C@@H](OC(=O)[C@@H]1C[C@H]2CC[C@@H]1O2)c1ccccc1.C[C@@H](OC(=O)[C@@H]1C[C@H]2CC[C@@H]1O2)c1ccccc1.N#CC1C[C@H]2C=C[C@@H]1O2.N#CC1C[C@H]2CC[C@@H]1O2.O=C(O)[C@@H]1C[C@H]2CC[C@@H]1O2.[Cl][Zn][Cl].c1ccoc1. The Kier molecular flexibility index (Phi) is 33.9. The van der Waals surface area contributed by atoms with E-state index < -0.39 is 21.1 Å². The van der Waals surface area contributed by atoms with Crippen molar-refractivity contribution in [1.29, 1.82) is 15.8 Å². The van der Waals surface area contributed by atoms with Crippen molar-refractivity contribution in [3.05, 3.63) is 193 Å². The van der Waals surface area contributed by atoms with E-state index in [1.54, 1.807) is 25.5 Å². The number of ether oxygens (including phenoxy) is 9. The van der Waals surface area contributed by atoms with E-state index in [0.717, 1.165) is 119 Å². The molecule has 11 saturated heterocycles. The zero-order valence-electron chi connectivity index (χ0n) is 59.2. The van der Waals surface area contributed by atoms with Crippen LogP contribution in [0.5, 0.6) is 0 Å². The molecule has 0 aliphatic carbocycles. The normalized spacial score (nSPS) is 30.6. The summed E-state index contributed by atoms with van der Waals surface area (Å²) in [5, 5.41) is 42.3. The maximum absolute atomic E-state index is 12.1. The Hall–Kier alpha value is -7.09. The van der Waals surface area contributed by atoms with Crippen LogP contribution in [0.2, 0.25) is 0 Å². The Morgan fingerprint density at radius 2 is 0.786 bits per heavy atom. The minimum atomic E-state index is -0.931. The number of esters is 3. The Morgan fingerprint density at radius 3 is 0.971 bits per heavy atom. The third kappa shape index (κ3) is 25.0. The molecule has 0 radical (unpaired) electrons. The van der Waals surface area contributed by atoms with Crippen molar-refractivity contribution in [3.8, 4) is 18.2 Å². The van der Waals surface area contributed by atoms with Crippen LogP contribution < -0.4 is 0 Å². The number of hydrogen-bond donors (Lipinski definition) is 2. The monoisotopic (exact) mass is 1500 g/mol. The Bertz CT molecular complexity index is 3310. The topological polar surface area (TPSA) is 276 Å². The second kappa shape index (κ2) is 42.8. The number of aliphatic hydroxyl groups is 1. The van der Waals surface area contributed by atoms with Crippen molar-refractivity contribution >= 4 is 43.3 Å². The summed E-state index contributed by atoms with van der Waals surface area (Å²) in [6.45, 7) is 10.6. The van der Waals surface area contributed by atoms with Crippen LogP contribution in [0.15, 0.2) is 175 Å². The summed E-state index contributed by atoms with van der Waals surface area (Å²) >= 11 is -0.931. The molecule has 2 N–H and O–H groups in total. The van der Waals surface area contributed by atoms with Gasteiger partial charge in [-0.25, -0.2) is 0 Å². The summed E-state index contributed by atoms with van der Waals surface area (Å²) < 4.78 is 54.5. The van der Waals surface area contributed by atoms with Gasteiger partial charge in [-0.15, -0.1) is 0 Å². The first-order chi connectivity index (χ1) is 49.9. The van der Waals surface area contributed by atoms with Crippen molar-refractivity contribution in [2.24, 2.45) is 35.5 Å². The molecule has 0 saturated carbocycles. The van der Waals surface area contributed by atoms with Crippen LogP contribution in [0, 0.1) is 69.5 Å². The predicted octanol–water partition coefficient (Wildman–Crippen LogP) is 16.2. The van der Waals surface area contributed by atoms with Crippen molar-refractivity contribution in [3.63, 3.8) is 0 Å². The van der Waals surface area contributed by atoms with E-state index in [1.165, 1.54) is 12.5 Å². The van der Waals surface area contributed by atoms with Gasteiger partial charge in [0.2, 0.25) is 0 Å². The fourth-order valence-electron chi connectivity index (χ4n) is 14.8. The molecule has 103 heavy (non-hydrogen) atoms. The molecule has 22 atom stereocenters. The summed E-state index contributed by atoms with van der Waals surface area (Å²) in [6, 6.07) is 49.0. The van der Waals surface area contributed by atoms with Crippen LogP contribution in [0.3, 0.4) is 0 Å². The van der Waals surface area contributed by atoms with Gasteiger partial charge in [-0.3, -0.25) is 19.2 Å². The van der Waals surface area contributed by atoms with E-state index in [9.17, 15) is 19.2 Å². The van der Waals surface area contributed by atoms with Gasteiger partial charge in [0.15, 0.2) is 0 Å². The molecule has 12 bridgehead atoms. The first-order valence-electron chi connectivity index (χ1n) is 36.1. The fraction of sp³-hybridized carbons (Fsp3) is 0.519. The first kappa shape index (κ1) is 81.6. The minimum absolute atomic E-state index is 0.0301. The van der Waals surface area contributed by atoms with Gasteiger partial charge in [0, 0.05) is 6.08 Å². The molecule has 1 aromatic heterocycles. The number of carboxylic acid groups (broad SMARTS) is 1. The van der Waals surface area contributed by atoms with Crippen LogP contribution in [0.4, 0.5) is 0 Å². The molecule has 11 fully saturated rings. The number of benzene rings is 4. The van der Waals surface area contributed by atoms with Gasteiger partial charge in [0.1, 0.15) is 18.3 Å². The van der Waals surface area contributed by atoms with E-state index >= 15 is 0 Å². The van der Waals surface area contributed by atoms with E-state index in [-0.39, 0.29) is 121 Å². The number of aliphatic hydroxyl groups excluding tert-OH is 1. The number of halogens is 2. The van der Waals surface area contributed by atoms with Crippen LogP contribution in [-0.2, 0) is 77.0 Å². The molecule has 4 aromatic carbocycles. The van der Waals surface area contributed by atoms with Crippen molar-refractivity contribution in [2.75, 3.05) is 0 Å². The second-order valence-corrected chi connectivity index (χ2v) is 31.9. The number of nitrogens with zero attached hydrogens (tertiary/aromatic N) is 3. The largest absolute Gasteiger partial charge is 0.473 e. The molecule has 17 rings (SSSR count). The van der Waals surface area contributed by atoms with Gasteiger partial charge in [0.05, 0.1) is 146 Å². The number of aliphatic carboxylic acids is 1. The molecule has 22 heteroatoms. The zero-order chi connectivity index (χ0) is 73.6. The quantitative estimate of drug-likeness (QED) is 0.0409. The number of nitriles is 3. The fourth-order valence-corrected chi connectivity index (χ4v) is 14.8. The number of carbonyl (C=O) groups excluding carboxylic acids is 3. The molecule has 19 nitrogen and oxygen atoms in total. The second-order valence-electron chi connectivity index (χ2n) is 27.3. The van der Waals surface area contributed by atoms with Gasteiger partial charge in [0.25, 0.3) is 0 Å². The molecular formula is C81H97Cl2N3O16Zn. The van der Waals surface area contributed by atoms with Gasteiger partial charge in [-0.2, -0.15) is 15.8 Å². The molecule has 5 aromatic rings. The Labute approximate surface area is 621 Å². The summed E-state index contributed by atoms with van der Waals surface area (Å²) in [7, 11) is 9.90. The Balaban J connectivity index is 0.000000151. The van der Waals surface area contributed by atoms with Crippen molar-refractivity contribution in [1.82, 2.24) is 0 Å². The smallest absolute Gasteiger partial charge is 0.0902 e. The van der Waals surface area contributed by atoms with Gasteiger partial charge in [-0.1, -0.05) is 140 Å². The number of rotatable bonds is 11. The average molecular weight is 1500 g/mol. The number of carbonyl (C=O) groups is 4. The van der Waals surface area contributed by atoms with Crippen LogP contribution in [0.25, 0.3) is 0 Å². The van der Waals surface area contributed by atoms with Crippen LogP contribution in [-0.4, -0.2) is 107 Å². The number of fused-ring (bicyclic) bond motifs is 12. The standard InChI is InChI=1S/3C15H18O3.C8H10O.C7H9NO.C7H7NO.C7H10O3.C4H4O.C3H3N.2ClH.Zn/c3*1-10(11-5-3-2-4-6-11)17-15(16)13-9-12-7-8-14(13)18-12;1-7(9)8-5-3-2-4-6-8;2*8-4-5-3-6-1-2-7(5)9-6;8-7(9)5-3-4-1-2-6(5)10-4;1-2-4-5-3-1;1-2-3-4;;;/h3*2-6,10,12-14H,7-9H2,1H3;2-7,9H,1H3;5-7H,1-3H2;1-2,5-7H,3H2;4-6H,1-3H2,(H,8,9);1-4H;2H,1H2;2*1H;/q;;;;;;;;;;;+2/p-2/t10-,12+,13?,14-;2*10-,12-,13-,14+;7-;2*5?,6-,7+;4-,5-,6+;;;;;/m1111111...../s1. The molecule has 548 valence electrons. The summed E-state index contributed by atoms with van der Waals surface area (Å²) in [5.41, 5.74) is 4.08. The van der Waals surface area contributed by atoms with E-state index in [0.29, 0.717) is 30.5 Å². The number of hydrogen-bond acceptors (Lipinski definition) is 18. The molecule has 0 spiro atoms. The molecule has 3 unspecified atom stereocenters. The first-order valence-corrected chi connectivity index (χ1v) is 43.9. The summed E-state index contributed by atoms with van der Waals surface area (Å²) in [4.78, 5) is 46.9. The summed E-state index contributed by atoms with van der Waals surface area (Å²) in [6.07, 6.45) is 25.9. The van der Waals surface area contributed by atoms with Crippen LogP contribution in [0.1, 0.15) is 177 Å². The number of carboxylic acids is 1. The number of furan rings is 1. The predicted molar refractivity (Wildman–Crippen MR) is 381 cm³/mol. The molecule has 0 amide bonds. The van der Waals surface area contributed by atoms with E-state index in [4.69, 9.17) is 88.0 Å². The van der Waals surface area contributed by atoms with Gasteiger partial charge < -0.3 is 57.3 Å². The third-order valence-corrected chi connectivity index (χ3v) is 20.3. The van der Waals surface area contributed by atoms with E-state index in [2.05, 4.69) is 23.1 Å². The number of allylic oxidation sites excluding steroid dienone is 1. The molecule has 12 aliphatic heterocycles. The average Bonchev–Trinajstić information content (AvgIpc) is 1.70. The molecule has 13 heterocycles. The van der Waals surface area contributed by atoms with Gasteiger partial charge in [-0.05, 0) is 165 Å².